The van der Waals surface area contributed by atoms with Gasteiger partial charge in [-0.15, -0.1) is 0 Å². The molecule has 0 aliphatic heterocycles. The molecule has 6 nitrogen and oxygen atoms in total. The molecule has 6 heteroatoms. The van der Waals surface area contributed by atoms with E-state index in [4.69, 9.17) is 19.9 Å². The summed E-state index contributed by atoms with van der Waals surface area (Å²) in [6, 6.07) is 3.76. The van der Waals surface area contributed by atoms with Gasteiger partial charge in [-0.1, -0.05) is 6.07 Å². The zero-order valence-corrected chi connectivity index (χ0v) is 11.2. The van der Waals surface area contributed by atoms with Gasteiger partial charge in [0.2, 0.25) is 0 Å². The van der Waals surface area contributed by atoms with Gasteiger partial charge in [0.1, 0.15) is 5.82 Å². The molecule has 0 unspecified atom stereocenters. The predicted octanol–water partition coefficient (Wildman–Crippen LogP) is 1.82. The monoisotopic (exact) mass is 263 g/mol. The Hall–Kier alpha value is -2.21. The van der Waals surface area contributed by atoms with Crippen LogP contribution in [0.4, 0.5) is 5.82 Å². The van der Waals surface area contributed by atoms with Crippen LogP contribution in [0.25, 0.3) is 11.1 Å². The van der Waals surface area contributed by atoms with Crippen LogP contribution in [0, 0.1) is 0 Å². The standard InChI is InChI=1S/C13H17N3O3/c1-17-7-8-4-5-10(18-2)12(19-3)11(8)9-6-15-16-13(9)14/h4-6H,7H2,1-3H3,(H3,14,15,16). The van der Waals surface area contributed by atoms with Gasteiger partial charge in [0.25, 0.3) is 0 Å². The number of ether oxygens (including phenoxy) is 3. The molecule has 0 aliphatic carbocycles. The zero-order valence-electron chi connectivity index (χ0n) is 11.2. The molecule has 0 atom stereocenters. The van der Waals surface area contributed by atoms with Crippen molar-refractivity contribution in [2.75, 3.05) is 27.1 Å². The van der Waals surface area contributed by atoms with Crippen LogP contribution < -0.4 is 15.2 Å². The van der Waals surface area contributed by atoms with Crippen molar-refractivity contribution in [1.82, 2.24) is 10.2 Å². The maximum Gasteiger partial charge on any atom is 0.169 e. The summed E-state index contributed by atoms with van der Waals surface area (Å²) in [7, 11) is 4.82. The Labute approximate surface area is 111 Å². The predicted molar refractivity (Wildman–Crippen MR) is 72.3 cm³/mol. The summed E-state index contributed by atoms with van der Waals surface area (Å²) in [5, 5.41) is 6.66. The summed E-state index contributed by atoms with van der Waals surface area (Å²) in [5.74, 6) is 1.73. The molecule has 2 aromatic rings. The van der Waals surface area contributed by atoms with E-state index < -0.39 is 0 Å². The SMILES string of the molecule is COCc1ccc(OC)c(OC)c1-c1cn[nH]c1N. The van der Waals surface area contributed by atoms with Gasteiger partial charge in [0.05, 0.1) is 27.0 Å². The van der Waals surface area contributed by atoms with E-state index in [9.17, 15) is 0 Å². The van der Waals surface area contributed by atoms with E-state index in [0.717, 1.165) is 16.7 Å². The molecule has 0 radical (unpaired) electrons. The molecule has 0 fully saturated rings. The third-order valence-electron chi connectivity index (χ3n) is 2.87. The van der Waals surface area contributed by atoms with Crippen LogP contribution in [-0.4, -0.2) is 31.5 Å². The third-order valence-corrected chi connectivity index (χ3v) is 2.87. The number of hydrogen-bond acceptors (Lipinski definition) is 5. The topological polar surface area (TPSA) is 82.4 Å². The minimum atomic E-state index is 0.445. The number of aromatic amines is 1. The summed E-state index contributed by atoms with van der Waals surface area (Å²) >= 11 is 0. The van der Waals surface area contributed by atoms with Gasteiger partial charge in [-0.3, -0.25) is 5.10 Å². The highest BCUT2D eigenvalue weighted by molar-refractivity contribution is 5.82. The second-order valence-electron chi connectivity index (χ2n) is 3.97. The average Bonchev–Trinajstić information content (AvgIpc) is 2.84. The number of methoxy groups -OCH3 is 3. The van der Waals surface area contributed by atoms with Crippen molar-refractivity contribution in [2.24, 2.45) is 0 Å². The molecule has 0 bridgehead atoms. The van der Waals surface area contributed by atoms with Crippen LogP contribution in [0.2, 0.25) is 0 Å². The van der Waals surface area contributed by atoms with Gasteiger partial charge in [-0.2, -0.15) is 5.10 Å². The fourth-order valence-electron chi connectivity index (χ4n) is 2.03. The summed E-state index contributed by atoms with van der Waals surface area (Å²) in [5.41, 5.74) is 8.44. The lowest BCUT2D eigenvalue weighted by atomic mass is 10.00. The van der Waals surface area contributed by atoms with E-state index in [2.05, 4.69) is 10.2 Å². The quantitative estimate of drug-likeness (QED) is 0.859. The van der Waals surface area contributed by atoms with Gasteiger partial charge < -0.3 is 19.9 Å². The minimum Gasteiger partial charge on any atom is -0.493 e. The number of nitrogens with two attached hydrogens (primary N) is 1. The maximum absolute atomic E-state index is 5.90. The van der Waals surface area contributed by atoms with Gasteiger partial charge >= 0.3 is 0 Å². The highest BCUT2D eigenvalue weighted by Crippen LogP contribution is 2.42. The Morgan fingerprint density at radius 2 is 2.00 bits per heavy atom. The fraction of sp³-hybridized carbons (Fsp3) is 0.308. The Balaban J connectivity index is 2.69. The molecule has 0 saturated carbocycles. The van der Waals surface area contributed by atoms with E-state index in [1.54, 1.807) is 27.5 Å². The Morgan fingerprint density at radius 1 is 1.21 bits per heavy atom. The van der Waals surface area contributed by atoms with Crippen LogP contribution in [0.3, 0.4) is 0 Å². The lowest BCUT2D eigenvalue weighted by Crippen LogP contribution is -2.00. The number of nitrogen functional groups attached to an aromatic ring is 1. The van der Waals surface area contributed by atoms with Crippen molar-refractivity contribution >= 4 is 5.82 Å². The molecular weight excluding hydrogens is 246 g/mol. The number of aromatic nitrogens is 2. The van der Waals surface area contributed by atoms with Gasteiger partial charge in [0, 0.05) is 18.2 Å². The number of benzene rings is 1. The highest BCUT2D eigenvalue weighted by Gasteiger charge is 2.19. The zero-order chi connectivity index (χ0) is 13.8. The lowest BCUT2D eigenvalue weighted by molar-refractivity contribution is 0.185. The molecule has 102 valence electrons. The molecule has 1 aromatic heterocycles. The number of rotatable bonds is 5. The average molecular weight is 263 g/mol. The van der Waals surface area contributed by atoms with Crippen molar-refractivity contribution in [1.29, 1.82) is 0 Å². The van der Waals surface area contributed by atoms with Crippen molar-refractivity contribution in [3.63, 3.8) is 0 Å². The molecule has 2 rings (SSSR count). The van der Waals surface area contributed by atoms with Crippen LogP contribution in [0.15, 0.2) is 18.3 Å². The molecule has 0 amide bonds. The van der Waals surface area contributed by atoms with E-state index in [1.165, 1.54) is 0 Å². The van der Waals surface area contributed by atoms with E-state index in [-0.39, 0.29) is 0 Å². The van der Waals surface area contributed by atoms with E-state index >= 15 is 0 Å². The molecule has 0 aliphatic rings. The molecular formula is C13H17N3O3. The number of nitrogens with zero attached hydrogens (tertiary/aromatic N) is 1. The molecule has 1 heterocycles. The molecule has 1 aromatic carbocycles. The first-order chi connectivity index (χ1) is 9.22. The number of H-pyrrole nitrogens is 1. The summed E-state index contributed by atoms with van der Waals surface area (Å²) in [6.45, 7) is 0.445. The second kappa shape index (κ2) is 5.62. The summed E-state index contributed by atoms with van der Waals surface area (Å²) < 4.78 is 16.0. The Morgan fingerprint density at radius 3 is 2.53 bits per heavy atom. The summed E-state index contributed by atoms with van der Waals surface area (Å²) in [4.78, 5) is 0. The van der Waals surface area contributed by atoms with Gasteiger partial charge in [-0.25, -0.2) is 0 Å². The third kappa shape index (κ3) is 2.34. The molecule has 0 spiro atoms. The Kier molecular flexibility index (Phi) is 3.91. The largest absolute Gasteiger partial charge is 0.493 e. The van der Waals surface area contributed by atoms with Crippen LogP contribution in [0.1, 0.15) is 5.56 Å². The minimum absolute atomic E-state index is 0.445. The number of anilines is 1. The molecule has 19 heavy (non-hydrogen) atoms. The lowest BCUT2D eigenvalue weighted by Gasteiger charge is -2.16. The first-order valence-corrected chi connectivity index (χ1v) is 5.75. The summed E-state index contributed by atoms with van der Waals surface area (Å²) in [6.07, 6.45) is 1.66. The van der Waals surface area contributed by atoms with Crippen LogP contribution in [-0.2, 0) is 11.3 Å². The Bertz CT molecular complexity index is 566. The van der Waals surface area contributed by atoms with E-state index in [0.29, 0.717) is 23.9 Å². The van der Waals surface area contributed by atoms with Gasteiger partial charge in [0.15, 0.2) is 11.5 Å². The molecule has 0 saturated heterocycles. The second-order valence-corrected chi connectivity index (χ2v) is 3.97. The van der Waals surface area contributed by atoms with Crippen molar-refractivity contribution in [3.8, 4) is 22.6 Å². The van der Waals surface area contributed by atoms with Crippen LogP contribution >= 0.6 is 0 Å². The maximum atomic E-state index is 5.90. The number of hydrogen-bond donors (Lipinski definition) is 2. The fourth-order valence-corrected chi connectivity index (χ4v) is 2.03. The normalized spacial score (nSPS) is 10.5. The van der Waals surface area contributed by atoms with Crippen molar-refractivity contribution in [3.05, 3.63) is 23.9 Å². The first-order valence-electron chi connectivity index (χ1n) is 5.75. The smallest absolute Gasteiger partial charge is 0.169 e. The number of nitrogens with one attached hydrogen (secondary N) is 1. The van der Waals surface area contributed by atoms with Gasteiger partial charge in [-0.05, 0) is 11.6 Å². The van der Waals surface area contributed by atoms with E-state index in [1.807, 2.05) is 12.1 Å². The van der Waals surface area contributed by atoms with Crippen molar-refractivity contribution < 1.29 is 14.2 Å². The highest BCUT2D eigenvalue weighted by atomic mass is 16.5. The van der Waals surface area contributed by atoms with Crippen molar-refractivity contribution in [2.45, 2.75) is 6.61 Å². The van der Waals surface area contributed by atoms with Crippen LogP contribution in [0.5, 0.6) is 11.5 Å². The molecule has 3 N–H and O–H groups in total. The first kappa shape index (κ1) is 13.2.